The van der Waals surface area contributed by atoms with Crippen molar-refractivity contribution < 1.29 is 14.7 Å². The summed E-state index contributed by atoms with van der Waals surface area (Å²) in [7, 11) is 0. The van der Waals surface area contributed by atoms with E-state index >= 15 is 0 Å². The van der Waals surface area contributed by atoms with Crippen LogP contribution in [0, 0.1) is 10.1 Å². The van der Waals surface area contributed by atoms with Crippen molar-refractivity contribution in [3.05, 3.63) is 67.8 Å². The minimum Gasteiger partial charge on any atom is -0.325 e. The van der Waals surface area contributed by atoms with Gasteiger partial charge in [0.05, 0.1) is 10.7 Å². The second-order valence-corrected chi connectivity index (χ2v) is 9.26. The average molecular weight is 458 g/mol. The van der Waals surface area contributed by atoms with E-state index in [9.17, 15) is 19.7 Å². The van der Waals surface area contributed by atoms with Crippen molar-refractivity contribution in [2.75, 3.05) is 11.1 Å². The number of hydrogen-bond donors (Lipinski definition) is 1. The number of fused-ring (bicyclic) bond motifs is 3. The molecular formula is C21H21N4O4S2+. The molecule has 3 aromatic rings. The molecule has 0 atom stereocenters. The summed E-state index contributed by atoms with van der Waals surface area (Å²) in [6.45, 7) is 4.09. The van der Waals surface area contributed by atoms with E-state index in [2.05, 4.69) is 16.9 Å². The minimum absolute atomic E-state index is 0.0480. The van der Waals surface area contributed by atoms with Crippen LogP contribution in [-0.2, 0) is 24.2 Å². The van der Waals surface area contributed by atoms with Gasteiger partial charge in [0.2, 0.25) is 5.91 Å². The molecule has 0 saturated carbocycles. The molecule has 1 amide bonds. The summed E-state index contributed by atoms with van der Waals surface area (Å²) in [5.74, 6) is -0.270. The fourth-order valence-electron chi connectivity index (χ4n) is 3.71. The molecule has 31 heavy (non-hydrogen) atoms. The molecule has 2 aromatic heterocycles. The highest BCUT2D eigenvalue weighted by Gasteiger charge is 2.26. The Bertz CT molecular complexity index is 1250. The predicted molar refractivity (Wildman–Crippen MR) is 122 cm³/mol. The van der Waals surface area contributed by atoms with E-state index < -0.39 is 4.92 Å². The van der Waals surface area contributed by atoms with Crippen LogP contribution in [0.1, 0.15) is 23.3 Å². The molecule has 0 bridgehead atoms. The number of non-ortho nitro benzene ring substituents is 1. The van der Waals surface area contributed by atoms with Gasteiger partial charge in [0, 0.05) is 22.7 Å². The third kappa shape index (κ3) is 4.40. The van der Waals surface area contributed by atoms with Crippen molar-refractivity contribution in [2.24, 2.45) is 0 Å². The monoisotopic (exact) mass is 457 g/mol. The molecule has 1 aliphatic carbocycles. The van der Waals surface area contributed by atoms with Crippen molar-refractivity contribution in [1.29, 1.82) is 0 Å². The number of rotatable bonds is 7. The van der Waals surface area contributed by atoms with Crippen LogP contribution in [-0.4, -0.2) is 21.2 Å². The third-order valence-electron chi connectivity index (χ3n) is 5.09. The molecule has 0 radical (unpaired) electrons. The Kier molecular flexibility index (Phi) is 6.19. The fourth-order valence-corrected chi connectivity index (χ4v) is 5.88. The van der Waals surface area contributed by atoms with Gasteiger partial charge in [-0.25, -0.2) is 9.78 Å². The zero-order chi connectivity index (χ0) is 22.0. The molecule has 2 N–H and O–H groups in total. The van der Waals surface area contributed by atoms with Gasteiger partial charge in [0.1, 0.15) is 11.9 Å². The standard InChI is InChI=1S/C21H20N4O4S2/c1-2-10-24-20(27)18-15-8-3-4-9-16(15)31-19(18)23-21(24)30-12-17(26)22-13-6-5-7-14(11-13)25(28)29/h2,5-7,11H,1,3-4,8-10,12H2,(H,22,26)/p+1. The zero-order valence-corrected chi connectivity index (χ0v) is 18.3. The summed E-state index contributed by atoms with van der Waals surface area (Å²) in [6, 6.07) is 5.79. The van der Waals surface area contributed by atoms with Crippen LogP contribution in [0.5, 0.6) is 0 Å². The third-order valence-corrected chi connectivity index (χ3v) is 7.30. The van der Waals surface area contributed by atoms with Gasteiger partial charge in [-0.3, -0.25) is 14.9 Å². The lowest BCUT2D eigenvalue weighted by molar-refractivity contribution is -0.404. The summed E-state index contributed by atoms with van der Waals surface area (Å²) in [6.07, 6.45) is 5.81. The maximum absolute atomic E-state index is 13.2. The topological polar surface area (TPSA) is 108 Å². The van der Waals surface area contributed by atoms with Crippen molar-refractivity contribution in [1.82, 2.24) is 4.57 Å². The summed E-state index contributed by atoms with van der Waals surface area (Å²) in [5.41, 5.74) is 1.36. The fraction of sp³-hybridized carbons (Fsp3) is 0.286. The maximum Gasteiger partial charge on any atom is 0.347 e. The molecule has 0 spiro atoms. The number of carbonyl (C=O) groups is 1. The van der Waals surface area contributed by atoms with Crippen LogP contribution in [0.4, 0.5) is 11.4 Å². The first-order valence-corrected chi connectivity index (χ1v) is 11.7. The summed E-state index contributed by atoms with van der Waals surface area (Å²) < 4.78 is 1.61. The first kappa shape index (κ1) is 21.3. The number of nitro groups is 1. The number of anilines is 1. The first-order valence-electron chi connectivity index (χ1n) is 9.86. The van der Waals surface area contributed by atoms with Gasteiger partial charge in [-0.15, -0.1) is 0 Å². The molecule has 0 unspecified atom stereocenters. The highest BCUT2D eigenvalue weighted by Crippen LogP contribution is 2.33. The first-order chi connectivity index (χ1) is 15.0. The van der Waals surface area contributed by atoms with Crippen LogP contribution in [0.15, 0.2) is 46.9 Å². The largest absolute Gasteiger partial charge is 0.347 e. The van der Waals surface area contributed by atoms with E-state index in [0.29, 0.717) is 17.4 Å². The number of benzene rings is 1. The lowest BCUT2D eigenvalue weighted by atomic mass is 9.97. The highest BCUT2D eigenvalue weighted by molar-refractivity contribution is 7.99. The average Bonchev–Trinajstić information content (AvgIpc) is 3.13. The van der Waals surface area contributed by atoms with Gasteiger partial charge in [-0.1, -0.05) is 30.1 Å². The Labute approximate surface area is 186 Å². The summed E-state index contributed by atoms with van der Waals surface area (Å²) >= 11 is 2.84. The number of allylic oxidation sites excluding steroid dienone is 1. The smallest absolute Gasteiger partial charge is 0.325 e. The van der Waals surface area contributed by atoms with Gasteiger partial charge in [-0.2, -0.15) is 4.57 Å². The lowest BCUT2D eigenvalue weighted by Crippen LogP contribution is -2.30. The molecule has 8 nitrogen and oxygen atoms in total. The van der Waals surface area contributed by atoms with E-state index in [4.69, 9.17) is 0 Å². The molecular weight excluding hydrogens is 436 g/mol. The number of thioether (sulfide) groups is 1. The quantitative estimate of drug-likeness (QED) is 0.192. The number of aromatic nitrogens is 2. The van der Waals surface area contributed by atoms with Crippen molar-refractivity contribution in [2.45, 2.75) is 37.4 Å². The number of amides is 1. The van der Waals surface area contributed by atoms with Crippen LogP contribution in [0.3, 0.4) is 0 Å². The Balaban J connectivity index is 1.57. The van der Waals surface area contributed by atoms with Crippen LogP contribution < -0.4 is 15.9 Å². The van der Waals surface area contributed by atoms with Crippen molar-refractivity contribution >= 4 is 50.6 Å². The summed E-state index contributed by atoms with van der Waals surface area (Å²) in [5, 5.41) is 14.9. The Morgan fingerprint density at radius 2 is 2.19 bits per heavy atom. The van der Waals surface area contributed by atoms with Crippen molar-refractivity contribution in [3.63, 3.8) is 0 Å². The van der Waals surface area contributed by atoms with Crippen LogP contribution >= 0.6 is 23.1 Å². The van der Waals surface area contributed by atoms with E-state index in [1.807, 2.05) is 0 Å². The van der Waals surface area contributed by atoms with Crippen molar-refractivity contribution in [3.8, 4) is 0 Å². The number of aromatic amines is 1. The van der Waals surface area contributed by atoms with Crippen LogP contribution in [0.25, 0.3) is 10.2 Å². The highest BCUT2D eigenvalue weighted by atomic mass is 32.2. The van der Waals surface area contributed by atoms with Gasteiger partial charge < -0.3 is 5.32 Å². The Morgan fingerprint density at radius 3 is 2.97 bits per heavy atom. The number of nitrogens with zero attached hydrogens (tertiary/aromatic N) is 2. The maximum atomic E-state index is 13.2. The number of hydrogen-bond acceptors (Lipinski definition) is 6. The Hall–Kier alpha value is -2.98. The second-order valence-electron chi connectivity index (χ2n) is 7.19. The zero-order valence-electron chi connectivity index (χ0n) is 16.7. The molecule has 0 aliphatic heterocycles. The molecule has 2 heterocycles. The van der Waals surface area contributed by atoms with Gasteiger partial charge >= 0.3 is 10.7 Å². The molecule has 0 fully saturated rings. The molecule has 0 saturated heterocycles. The lowest BCUT2D eigenvalue weighted by Gasteiger charge is -2.09. The Morgan fingerprint density at radius 1 is 1.39 bits per heavy atom. The molecule has 1 aliphatic rings. The molecule has 4 rings (SSSR count). The normalized spacial score (nSPS) is 13.0. The van der Waals surface area contributed by atoms with Gasteiger partial charge in [-0.05, 0) is 49.1 Å². The van der Waals surface area contributed by atoms with Gasteiger partial charge in [0.25, 0.3) is 5.69 Å². The number of H-pyrrole nitrogens is 1. The number of nitrogens with one attached hydrogen (secondary N) is 2. The second kappa shape index (κ2) is 9.03. The summed E-state index contributed by atoms with van der Waals surface area (Å²) in [4.78, 5) is 41.5. The van der Waals surface area contributed by atoms with E-state index in [0.717, 1.165) is 41.5 Å². The van der Waals surface area contributed by atoms with Gasteiger partial charge in [0.15, 0.2) is 4.83 Å². The van der Waals surface area contributed by atoms with Crippen LogP contribution in [0.2, 0.25) is 0 Å². The predicted octanol–water partition coefficient (Wildman–Crippen LogP) is 3.58. The molecule has 10 heteroatoms. The number of carbonyl (C=O) groups excluding carboxylic acids is 1. The van der Waals surface area contributed by atoms with E-state index in [-0.39, 0.29) is 22.9 Å². The van der Waals surface area contributed by atoms with E-state index in [1.54, 1.807) is 28.0 Å². The number of aryl methyl sites for hydroxylation is 2. The molecule has 160 valence electrons. The number of thiophene rings is 1. The SMILES string of the molecule is C=CCn1c(SCC(=O)Nc2cccc([N+](=O)[O-])c2)[nH+]c2sc3c(c2c1=O)CCCC3. The van der Waals surface area contributed by atoms with E-state index in [1.165, 1.54) is 34.8 Å². The number of nitro benzene ring substituents is 1. The molecule has 1 aromatic carbocycles. The minimum atomic E-state index is -0.511.